The second-order valence-electron chi connectivity index (χ2n) is 5.36. The van der Waals surface area contributed by atoms with E-state index in [0.29, 0.717) is 12.2 Å². The Hall–Kier alpha value is -1.83. The van der Waals surface area contributed by atoms with Crippen molar-refractivity contribution in [2.75, 3.05) is 5.32 Å². The third-order valence-electron chi connectivity index (χ3n) is 3.61. The highest BCUT2D eigenvalue weighted by Crippen LogP contribution is 2.40. The van der Waals surface area contributed by atoms with Crippen molar-refractivity contribution >= 4 is 5.69 Å². The number of anilines is 1. The molecule has 0 bridgehead atoms. The molecule has 0 amide bonds. The molecular weight excluding hydrogens is 237 g/mol. The fourth-order valence-corrected chi connectivity index (χ4v) is 2.33. The molecule has 98 valence electrons. The summed E-state index contributed by atoms with van der Waals surface area (Å²) in [7, 11) is 0. The first kappa shape index (κ1) is 12.2. The standard InChI is InChI=1S/C17H18FN/c1-12-5-8-17(16(18)9-12)19-11-13-3-2-4-15(10-13)14-6-7-14/h2-5,8-10,14,19H,6-7,11H2,1H3. The Balaban J connectivity index is 1.69. The van der Waals surface area contributed by atoms with E-state index >= 15 is 0 Å². The predicted molar refractivity (Wildman–Crippen MR) is 76.9 cm³/mol. The van der Waals surface area contributed by atoms with Crippen molar-refractivity contribution in [1.82, 2.24) is 0 Å². The monoisotopic (exact) mass is 255 g/mol. The predicted octanol–water partition coefficient (Wildman–Crippen LogP) is 4.62. The Morgan fingerprint density at radius 3 is 2.74 bits per heavy atom. The molecule has 1 aliphatic rings. The summed E-state index contributed by atoms with van der Waals surface area (Å²) >= 11 is 0. The Morgan fingerprint density at radius 2 is 2.00 bits per heavy atom. The second kappa shape index (κ2) is 5.04. The first-order chi connectivity index (χ1) is 9.22. The summed E-state index contributed by atoms with van der Waals surface area (Å²) < 4.78 is 13.7. The summed E-state index contributed by atoms with van der Waals surface area (Å²) in [6.07, 6.45) is 2.62. The van der Waals surface area contributed by atoms with Gasteiger partial charge in [-0.2, -0.15) is 0 Å². The maximum absolute atomic E-state index is 13.7. The number of hydrogen-bond donors (Lipinski definition) is 1. The van der Waals surface area contributed by atoms with Crippen LogP contribution in [0.5, 0.6) is 0 Å². The lowest BCUT2D eigenvalue weighted by molar-refractivity contribution is 0.629. The summed E-state index contributed by atoms with van der Waals surface area (Å²) in [5.41, 5.74) is 4.15. The fraction of sp³-hybridized carbons (Fsp3) is 0.294. The largest absolute Gasteiger partial charge is 0.379 e. The van der Waals surface area contributed by atoms with E-state index in [0.717, 1.165) is 11.5 Å². The van der Waals surface area contributed by atoms with Crippen LogP contribution in [-0.2, 0) is 6.54 Å². The Bertz CT molecular complexity index is 588. The van der Waals surface area contributed by atoms with E-state index in [2.05, 4.69) is 29.6 Å². The van der Waals surface area contributed by atoms with E-state index in [1.54, 1.807) is 12.1 Å². The number of halogens is 1. The van der Waals surface area contributed by atoms with Gasteiger partial charge in [0.15, 0.2) is 0 Å². The topological polar surface area (TPSA) is 12.0 Å². The third kappa shape index (κ3) is 2.95. The van der Waals surface area contributed by atoms with Gasteiger partial charge >= 0.3 is 0 Å². The van der Waals surface area contributed by atoms with E-state index < -0.39 is 0 Å². The van der Waals surface area contributed by atoms with Gasteiger partial charge in [-0.15, -0.1) is 0 Å². The minimum Gasteiger partial charge on any atom is -0.379 e. The zero-order valence-corrected chi connectivity index (χ0v) is 11.1. The maximum atomic E-state index is 13.7. The molecule has 1 fully saturated rings. The van der Waals surface area contributed by atoms with Crippen LogP contribution >= 0.6 is 0 Å². The highest BCUT2D eigenvalue weighted by molar-refractivity contribution is 5.46. The molecule has 3 rings (SSSR count). The quantitative estimate of drug-likeness (QED) is 0.840. The van der Waals surface area contributed by atoms with Gasteiger partial charge in [-0.1, -0.05) is 30.3 Å². The first-order valence-electron chi connectivity index (χ1n) is 6.81. The van der Waals surface area contributed by atoms with E-state index in [1.165, 1.54) is 24.0 Å². The van der Waals surface area contributed by atoms with Crippen molar-refractivity contribution in [3.63, 3.8) is 0 Å². The minimum absolute atomic E-state index is 0.182. The molecule has 0 saturated heterocycles. The van der Waals surface area contributed by atoms with Crippen molar-refractivity contribution in [3.05, 3.63) is 65.0 Å². The number of nitrogens with one attached hydrogen (secondary N) is 1. The zero-order valence-electron chi connectivity index (χ0n) is 11.1. The Morgan fingerprint density at radius 1 is 1.16 bits per heavy atom. The molecule has 2 heteroatoms. The molecule has 2 aromatic rings. The van der Waals surface area contributed by atoms with Crippen molar-refractivity contribution in [2.24, 2.45) is 0 Å². The average Bonchev–Trinajstić information content (AvgIpc) is 3.22. The molecule has 1 aliphatic carbocycles. The molecule has 0 aliphatic heterocycles. The SMILES string of the molecule is Cc1ccc(NCc2cccc(C3CC3)c2)c(F)c1. The Labute approximate surface area is 113 Å². The molecule has 0 radical (unpaired) electrons. The van der Waals surface area contributed by atoms with Crippen molar-refractivity contribution in [3.8, 4) is 0 Å². The van der Waals surface area contributed by atoms with Gasteiger partial charge in [0.25, 0.3) is 0 Å². The van der Waals surface area contributed by atoms with Gasteiger partial charge in [0.2, 0.25) is 0 Å². The van der Waals surface area contributed by atoms with Gasteiger partial charge < -0.3 is 5.32 Å². The van der Waals surface area contributed by atoms with Crippen LogP contribution in [0.1, 0.15) is 35.4 Å². The van der Waals surface area contributed by atoms with Gasteiger partial charge in [0, 0.05) is 6.54 Å². The number of hydrogen-bond acceptors (Lipinski definition) is 1. The molecule has 1 nitrogen and oxygen atoms in total. The molecule has 0 spiro atoms. The van der Waals surface area contributed by atoms with E-state index in [9.17, 15) is 4.39 Å². The lowest BCUT2D eigenvalue weighted by Crippen LogP contribution is -2.02. The van der Waals surface area contributed by atoms with Crippen LogP contribution in [0.25, 0.3) is 0 Å². The molecule has 2 aromatic carbocycles. The molecule has 1 saturated carbocycles. The molecule has 1 N–H and O–H groups in total. The summed E-state index contributed by atoms with van der Waals surface area (Å²) in [5.74, 6) is 0.578. The molecule has 0 atom stereocenters. The van der Waals surface area contributed by atoms with E-state index in [1.807, 2.05) is 13.0 Å². The lowest BCUT2D eigenvalue weighted by atomic mass is 10.1. The summed E-state index contributed by atoms with van der Waals surface area (Å²) in [6, 6.07) is 13.9. The summed E-state index contributed by atoms with van der Waals surface area (Å²) in [5, 5.41) is 3.17. The van der Waals surface area contributed by atoms with Gasteiger partial charge in [0.05, 0.1) is 5.69 Å². The van der Waals surface area contributed by atoms with Gasteiger partial charge in [0.1, 0.15) is 5.82 Å². The van der Waals surface area contributed by atoms with Gasteiger partial charge in [-0.25, -0.2) is 4.39 Å². The van der Waals surface area contributed by atoms with Crippen LogP contribution in [-0.4, -0.2) is 0 Å². The molecule has 0 unspecified atom stereocenters. The van der Waals surface area contributed by atoms with Crippen LogP contribution in [0.15, 0.2) is 42.5 Å². The highest BCUT2D eigenvalue weighted by atomic mass is 19.1. The van der Waals surface area contributed by atoms with E-state index in [4.69, 9.17) is 0 Å². The highest BCUT2D eigenvalue weighted by Gasteiger charge is 2.23. The van der Waals surface area contributed by atoms with Crippen LogP contribution < -0.4 is 5.32 Å². The number of rotatable bonds is 4. The van der Waals surface area contributed by atoms with Gasteiger partial charge in [-0.3, -0.25) is 0 Å². The zero-order chi connectivity index (χ0) is 13.2. The minimum atomic E-state index is -0.182. The van der Waals surface area contributed by atoms with Crippen molar-refractivity contribution in [1.29, 1.82) is 0 Å². The average molecular weight is 255 g/mol. The molecule has 19 heavy (non-hydrogen) atoms. The van der Waals surface area contributed by atoms with Gasteiger partial charge in [-0.05, 0) is 54.5 Å². The first-order valence-corrected chi connectivity index (χ1v) is 6.81. The number of benzene rings is 2. The fourth-order valence-electron chi connectivity index (χ4n) is 2.33. The van der Waals surface area contributed by atoms with Crippen LogP contribution in [0.3, 0.4) is 0 Å². The summed E-state index contributed by atoms with van der Waals surface area (Å²) in [4.78, 5) is 0. The molecular formula is C17H18FN. The summed E-state index contributed by atoms with van der Waals surface area (Å²) in [6.45, 7) is 2.56. The van der Waals surface area contributed by atoms with Crippen molar-refractivity contribution in [2.45, 2.75) is 32.2 Å². The van der Waals surface area contributed by atoms with Crippen LogP contribution in [0.4, 0.5) is 10.1 Å². The number of aryl methyl sites for hydroxylation is 1. The molecule has 0 heterocycles. The third-order valence-corrected chi connectivity index (χ3v) is 3.61. The molecule has 0 aromatic heterocycles. The smallest absolute Gasteiger partial charge is 0.146 e. The van der Waals surface area contributed by atoms with Crippen molar-refractivity contribution < 1.29 is 4.39 Å². The van der Waals surface area contributed by atoms with Crippen LogP contribution in [0, 0.1) is 12.7 Å². The maximum Gasteiger partial charge on any atom is 0.146 e. The normalized spacial score (nSPS) is 14.4. The van der Waals surface area contributed by atoms with E-state index in [-0.39, 0.29) is 5.82 Å². The second-order valence-corrected chi connectivity index (χ2v) is 5.36. The lowest BCUT2D eigenvalue weighted by Gasteiger charge is -2.09. The Kier molecular flexibility index (Phi) is 3.24. The van der Waals surface area contributed by atoms with Crippen LogP contribution in [0.2, 0.25) is 0 Å².